The van der Waals surface area contributed by atoms with Gasteiger partial charge in [-0.2, -0.15) is 0 Å². The van der Waals surface area contributed by atoms with Crippen molar-refractivity contribution in [2.75, 3.05) is 4.90 Å². The number of anilines is 1. The third kappa shape index (κ3) is 1.39. The monoisotopic (exact) mass is 310 g/mol. The molecule has 1 aromatic rings. The van der Waals surface area contributed by atoms with E-state index in [-0.39, 0.29) is 46.6 Å². The van der Waals surface area contributed by atoms with Gasteiger partial charge in [0.05, 0.1) is 22.4 Å². The Morgan fingerprint density at radius 1 is 1.09 bits per heavy atom. The summed E-state index contributed by atoms with van der Waals surface area (Å²) in [4.78, 5) is 37.4. The first-order valence-corrected chi connectivity index (χ1v) is 7.85. The molecule has 4 atom stereocenters. The summed E-state index contributed by atoms with van der Waals surface area (Å²) < 4.78 is 0. The highest BCUT2D eigenvalue weighted by atomic mass is 16.6. The number of carbonyl (C=O) groups excluding carboxylic acids is 2. The zero-order chi connectivity index (χ0) is 15.9. The number of imide groups is 1. The van der Waals surface area contributed by atoms with E-state index in [1.165, 1.54) is 23.1 Å². The van der Waals surface area contributed by atoms with Crippen LogP contribution >= 0.6 is 0 Å². The molecule has 3 aliphatic carbocycles. The number of hydrogen-bond donors (Lipinski definition) is 0. The van der Waals surface area contributed by atoms with Gasteiger partial charge in [-0.25, -0.2) is 4.90 Å². The molecule has 0 aromatic heterocycles. The van der Waals surface area contributed by atoms with Gasteiger partial charge in [-0.3, -0.25) is 19.7 Å². The first-order valence-electron chi connectivity index (χ1n) is 7.85. The third-order valence-electron chi connectivity index (χ3n) is 6.15. The number of hydrogen-bond acceptors (Lipinski definition) is 4. The van der Waals surface area contributed by atoms with Gasteiger partial charge in [-0.05, 0) is 36.2 Å². The molecular weight excluding hydrogens is 296 g/mol. The molecule has 1 aromatic carbocycles. The highest BCUT2D eigenvalue weighted by Crippen LogP contribution is 2.73. The van der Waals surface area contributed by atoms with Crippen LogP contribution < -0.4 is 4.90 Å². The molecule has 1 heterocycles. The van der Waals surface area contributed by atoms with Crippen molar-refractivity contribution in [1.82, 2.24) is 0 Å². The molecule has 1 spiro atoms. The number of nitrogens with zero attached hydrogens (tertiary/aromatic N) is 2. The molecule has 116 valence electrons. The van der Waals surface area contributed by atoms with E-state index < -0.39 is 4.92 Å². The average Bonchev–Trinajstić information content (AvgIpc) is 3.13. The maximum Gasteiger partial charge on any atom is 0.271 e. The molecule has 2 saturated carbocycles. The SMILES string of the molecule is O=C1[C@@H]2[C@H](C(=O)N1c1cccc([N+](=O)[O-])c1)[C@H]1C=C[C@@H]2C12CC2. The van der Waals surface area contributed by atoms with Crippen LogP contribution in [-0.2, 0) is 9.59 Å². The summed E-state index contributed by atoms with van der Waals surface area (Å²) in [6.45, 7) is 0. The Morgan fingerprint density at radius 3 is 2.22 bits per heavy atom. The van der Waals surface area contributed by atoms with E-state index in [4.69, 9.17) is 0 Å². The van der Waals surface area contributed by atoms with Gasteiger partial charge in [-0.1, -0.05) is 18.2 Å². The van der Waals surface area contributed by atoms with Gasteiger partial charge >= 0.3 is 0 Å². The highest BCUT2D eigenvalue weighted by Gasteiger charge is 2.73. The Kier molecular flexibility index (Phi) is 2.19. The van der Waals surface area contributed by atoms with Crippen LogP contribution in [0.2, 0.25) is 0 Å². The molecule has 6 nitrogen and oxygen atoms in total. The summed E-state index contributed by atoms with van der Waals surface area (Å²) in [6, 6.07) is 5.77. The van der Waals surface area contributed by atoms with E-state index >= 15 is 0 Å². The lowest BCUT2D eigenvalue weighted by Gasteiger charge is -2.21. The second-order valence-corrected chi connectivity index (χ2v) is 7.01. The van der Waals surface area contributed by atoms with E-state index in [1.807, 2.05) is 0 Å². The molecule has 5 rings (SSSR count). The zero-order valence-corrected chi connectivity index (χ0v) is 12.2. The number of benzene rings is 1. The lowest BCUT2D eigenvalue weighted by molar-refractivity contribution is -0.384. The molecule has 1 saturated heterocycles. The van der Waals surface area contributed by atoms with E-state index in [2.05, 4.69) is 12.2 Å². The summed E-state index contributed by atoms with van der Waals surface area (Å²) in [5.74, 6) is -0.610. The fourth-order valence-electron chi connectivity index (χ4n) is 5.08. The average molecular weight is 310 g/mol. The number of non-ortho nitro benzene ring substituents is 1. The standard InChI is InChI=1S/C17H14N2O4/c20-15-13-11-4-5-12(17(11)6-7-17)14(13)16(21)18(15)9-2-1-3-10(8-9)19(22)23/h1-5,8,11-14H,6-7H2/t11-,12+,13-,14+. The quantitative estimate of drug-likeness (QED) is 0.363. The van der Waals surface area contributed by atoms with Gasteiger partial charge in [0, 0.05) is 12.1 Å². The molecule has 6 heteroatoms. The van der Waals surface area contributed by atoms with Crippen LogP contribution in [0.5, 0.6) is 0 Å². The summed E-state index contributed by atoms with van der Waals surface area (Å²) >= 11 is 0. The molecule has 2 bridgehead atoms. The summed E-state index contributed by atoms with van der Waals surface area (Å²) in [7, 11) is 0. The van der Waals surface area contributed by atoms with Crippen LogP contribution in [0.4, 0.5) is 11.4 Å². The Bertz CT molecular complexity index is 777. The lowest BCUT2D eigenvalue weighted by Crippen LogP contribution is -2.34. The minimum atomic E-state index is -0.514. The van der Waals surface area contributed by atoms with Crippen molar-refractivity contribution in [3.8, 4) is 0 Å². The highest BCUT2D eigenvalue weighted by molar-refractivity contribution is 6.23. The molecule has 2 amide bonds. The van der Waals surface area contributed by atoms with Gasteiger partial charge in [0.2, 0.25) is 11.8 Å². The number of nitro groups is 1. The number of nitro benzene ring substituents is 1. The molecule has 1 aliphatic heterocycles. The molecule has 23 heavy (non-hydrogen) atoms. The van der Waals surface area contributed by atoms with Crippen LogP contribution in [0.25, 0.3) is 0 Å². The van der Waals surface area contributed by atoms with Gasteiger partial charge < -0.3 is 0 Å². The van der Waals surface area contributed by atoms with Crippen LogP contribution in [0.3, 0.4) is 0 Å². The van der Waals surface area contributed by atoms with Gasteiger partial charge in [0.1, 0.15) is 0 Å². The predicted molar refractivity (Wildman–Crippen MR) is 80.4 cm³/mol. The number of carbonyl (C=O) groups is 2. The number of rotatable bonds is 2. The number of fused-ring (bicyclic) bond motifs is 3. The number of amides is 2. The Balaban J connectivity index is 1.56. The second kappa shape index (κ2) is 3.88. The summed E-state index contributed by atoms with van der Waals surface area (Å²) in [6.07, 6.45) is 6.42. The smallest absolute Gasteiger partial charge is 0.271 e. The fourth-order valence-corrected chi connectivity index (χ4v) is 5.08. The Labute approximate surface area is 131 Å². The van der Waals surface area contributed by atoms with Crippen molar-refractivity contribution in [3.05, 3.63) is 46.5 Å². The topological polar surface area (TPSA) is 80.5 Å². The minimum Gasteiger partial charge on any atom is -0.274 e. The maximum atomic E-state index is 12.9. The van der Waals surface area contributed by atoms with Crippen LogP contribution in [-0.4, -0.2) is 16.7 Å². The zero-order valence-electron chi connectivity index (χ0n) is 12.2. The van der Waals surface area contributed by atoms with Crippen LogP contribution in [0, 0.1) is 39.2 Å². The van der Waals surface area contributed by atoms with Gasteiger partial charge in [0.15, 0.2) is 0 Å². The van der Waals surface area contributed by atoms with Gasteiger partial charge in [-0.15, -0.1) is 0 Å². The minimum absolute atomic E-state index is 0.111. The molecule has 0 N–H and O–H groups in total. The van der Waals surface area contributed by atoms with Crippen LogP contribution in [0.15, 0.2) is 36.4 Å². The van der Waals surface area contributed by atoms with Crippen molar-refractivity contribution in [2.24, 2.45) is 29.1 Å². The molecule has 3 fully saturated rings. The molecule has 0 radical (unpaired) electrons. The largest absolute Gasteiger partial charge is 0.274 e. The first-order chi connectivity index (χ1) is 11.0. The normalized spacial score (nSPS) is 35.2. The summed E-state index contributed by atoms with van der Waals surface area (Å²) in [5, 5.41) is 10.9. The second-order valence-electron chi connectivity index (χ2n) is 7.01. The van der Waals surface area contributed by atoms with E-state index in [9.17, 15) is 19.7 Å². The van der Waals surface area contributed by atoms with E-state index in [0.29, 0.717) is 5.69 Å². The summed E-state index contributed by atoms with van der Waals surface area (Å²) in [5.41, 5.74) is 0.364. The van der Waals surface area contributed by atoms with Crippen molar-refractivity contribution in [3.63, 3.8) is 0 Å². The molecule has 4 aliphatic rings. The first kappa shape index (κ1) is 13.0. The van der Waals surface area contributed by atoms with Crippen LogP contribution in [0.1, 0.15) is 12.8 Å². The van der Waals surface area contributed by atoms with Crippen molar-refractivity contribution < 1.29 is 14.5 Å². The lowest BCUT2D eigenvalue weighted by atomic mass is 9.85. The number of allylic oxidation sites excluding steroid dienone is 2. The predicted octanol–water partition coefficient (Wildman–Crippen LogP) is 2.30. The van der Waals surface area contributed by atoms with Crippen molar-refractivity contribution in [1.29, 1.82) is 0 Å². The molecule has 0 unspecified atom stereocenters. The van der Waals surface area contributed by atoms with Crippen molar-refractivity contribution in [2.45, 2.75) is 12.8 Å². The third-order valence-corrected chi connectivity index (χ3v) is 6.15. The Morgan fingerprint density at radius 2 is 1.70 bits per heavy atom. The van der Waals surface area contributed by atoms with Gasteiger partial charge in [0.25, 0.3) is 5.69 Å². The van der Waals surface area contributed by atoms with E-state index in [1.54, 1.807) is 6.07 Å². The fraction of sp³-hybridized carbons (Fsp3) is 0.412. The van der Waals surface area contributed by atoms with Crippen molar-refractivity contribution >= 4 is 23.2 Å². The Hall–Kier alpha value is -2.50. The van der Waals surface area contributed by atoms with E-state index in [0.717, 1.165) is 12.8 Å². The molecular formula is C17H14N2O4. The maximum absolute atomic E-state index is 12.9.